The third-order valence-corrected chi connectivity index (χ3v) is 3.96. The van der Waals surface area contributed by atoms with Crippen molar-refractivity contribution in [3.8, 4) is 0 Å². The molecule has 1 rings (SSSR count). The highest BCUT2D eigenvalue weighted by Crippen LogP contribution is 2.33. The van der Waals surface area contributed by atoms with Crippen LogP contribution in [0.5, 0.6) is 0 Å². The molecular weight excluding hydrogens is 214 g/mol. The van der Waals surface area contributed by atoms with Crippen molar-refractivity contribution in [1.82, 2.24) is 15.5 Å². The molecule has 17 heavy (non-hydrogen) atoms. The van der Waals surface area contributed by atoms with E-state index in [4.69, 9.17) is 0 Å². The number of carbonyl (C=O) groups is 1. The van der Waals surface area contributed by atoms with Crippen LogP contribution in [0.15, 0.2) is 0 Å². The van der Waals surface area contributed by atoms with Crippen LogP contribution in [-0.2, 0) is 4.79 Å². The first kappa shape index (κ1) is 14.5. The molecule has 1 aliphatic carbocycles. The van der Waals surface area contributed by atoms with Gasteiger partial charge in [0.1, 0.15) is 0 Å². The van der Waals surface area contributed by atoms with Gasteiger partial charge in [-0.3, -0.25) is 4.79 Å². The standard InChI is InChI=1S/C13H27N3O/c1-5-14-12(17)11(2)15-10-13(16(3)4)8-6-7-9-13/h11,15H,5-10H2,1-4H3,(H,14,17). The second-order valence-electron chi connectivity index (χ2n) is 5.32. The zero-order chi connectivity index (χ0) is 12.9. The van der Waals surface area contributed by atoms with Gasteiger partial charge in [0.05, 0.1) is 6.04 Å². The number of carbonyl (C=O) groups excluding carboxylic acids is 1. The molecule has 2 N–H and O–H groups in total. The first-order valence-electron chi connectivity index (χ1n) is 6.70. The average molecular weight is 241 g/mol. The highest BCUT2D eigenvalue weighted by atomic mass is 16.2. The van der Waals surface area contributed by atoms with Gasteiger partial charge in [0.15, 0.2) is 0 Å². The van der Waals surface area contributed by atoms with Crippen molar-refractivity contribution in [2.75, 3.05) is 27.2 Å². The zero-order valence-electron chi connectivity index (χ0n) is 11.7. The van der Waals surface area contributed by atoms with Crippen molar-refractivity contribution in [2.24, 2.45) is 0 Å². The van der Waals surface area contributed by atoms with E-state index < -0.39 is 0 Å². The van der Waals surface area contributed by atoms with Gasteiger partial charge in [0, 0.05) is 18.6 Å². The van der Waals surface area contributed by atoms with Gasteiger partial charge < -0.3 is 15.5 Å². The third-order valence-electron chi connectivity index (χ3n) is 3.96. The van der Waals surface area contributed by atoms with Crippen LogP contribution in [0.2, 0.25) is 0 Å². The predicted molar refractivity (Wildman–Crippen MR) is 71.0 cm³/mol. The third kappa shape index (κ3) is 3.68. The Balaban J connectivity index is 2.44. The fourth-order valence-corrected chi connectivity index (χ4v) is 2.58. The Labute approximate surface area is 105 Å². The summed E-state index contributed by atoms with van der Waals surface area (Å²) >= 11 is 0. The van der Waals surface area contributed by atoms with Crippen molar-refractivity contribution in [1.29, 1.82) is 0 Å². The van der Waals surface area contributed by atoms with Gasteiger partial charge in [0.2, 0.25) is 5.91 Å². The number of rotatable bonds is 6. The fraction of sp³-hybridized carbons (Fsp3) is 0.923. The van der Waals surface area contributed by atoms with E-state index in [1.54, 1.807) is 0 Å². The smallest absolute Gasteiger partial charge is 0.236 e. The van der Waals surface area contributed by atoms with E-state index in [0.29, 0.717) is 6.54 Å². The molecule has 0 aliphatic heterocycles. The first-order valence-corrected chi connectivity index (χ1v) is 6.70. The topological polar surface area (TPSA) is 44.4 Å². The largest absolute Gasteiger partial charge is 0.355 e. The lowest BCUT2D eigenvalue weighted by Gasteiger charge is -2.37. The van der Waals surface area contributed by atoms with E-state index in [-0.39, 0.29) is 17.5 Å². The molecule has 0 bridgehead atoms. The zero-order valence-corrected chi connectivity index (χ0v) is 11.7. The Morgan fingerprint density at radius 2 is 1.94 bits per heavy atom. The molecular formula is C13H27N3O. The number of likely N-dealkylation sites (N-methyl/N-ethyl adjacent to an activating group) is 2. The molecule has 0 saturated heterocycles. The summed E-state index contributed by atoms with van der Waals surface area (Å²) in [5, 5.41) is 6.22. The molecule has 0 aromatic rings. The van der Waals surface area contributed by atoms with Crippen LogP contribution in [-0.4, -0.2) is 49.6 Å². The lowest BCUT2D eigenvalue weighted by atomic mass is 9.95. The van der Waals surface area contributed by atoms with E-state index in [1.165, 1.54) is 25.7 Å². The average Bonchev–Trinajstić information content (AvgIpc) is 2.76. The van der Waals surface area contributed by atoms with Gasteiger partial charge in [-0.15, -0.1) is 0 Å². The number of hydrogen-bond acceptors (Lipinski definition) is 3. The minimum absolute atomic E-state index is 0.0967. The molecule has 4 heteroatoms. The van der Waals surface area contributed by atoms with E-state index in [1.807, 2.05) is 13.8 Å². The van der Waals surface area contributed by atoms with Crippen LogP contribution in [0, 0.1) is 0 Å². The van der Waals surface area contributed by atoms with Gasteiger partial charge in [-0.1, -0.05) is 12.8 Å². The summed E-state index contributed by atoms with van der Waals surface area (Å²) in [6.07, 6.45) is 5.06. The van der Waals surface area contributed by atoms with Crippen molar-refractivity contribution in [3.05, 3.63) is 0 Å². The molecule has 0 spiro atoms. The van der Waals surface area contributed by atoms with Crippen LogP contribution in [0.25, 0.3) is 0 Å². The lowest BCUT2D eigenvalue weighted by molar-refractivity contribution is -0.122. The maximum atomic E-state index is 11.6. The van der Waals surface area contributed by atoms with Crippen LogP contribution >= 0.6 is 0 Å². The number of hydrogen-bond donors (Lipinski definition) is 2. The van der Waals surface area contributed by atoms with Crippen molar-refractivity contribution < 1.29 is 4.79 Å². The monoisotopic (exact) mass is 241 g/mol. The SMILES string of the molecule is CCNC(=O)C(C)NCC1(N(C)C)CCCC1. The van der Waals surface area contributed by atoms with Crippen molar-refractivity contribution in [2.45, 2.75) is 51.1 Å². The summed E-state index contributed by atoms with van der Waals surface area (Å²) in [7, 11) is 4.29. The second-order valence-corrected chi connectivity index (χ2v) is 5.32. The molecule has 0 aromatic carbocycles. The Bertz CT molecular complexity index is 247. The molecule has 0 radical (unpaired) electrons. The van der Waals surface area contributed by atoms with E-state index >= 15 is 0 Å². The van der Waals surface area contributed by atoms with Gasteiger partial charge in [-0.25, -0.2) is 0 Å². The summed E-state index contributed by atoms with van der Waals surface area (Å²) in [5.41, 5.74) is 0.251. The molecule has 1 fully saturated rings. The van der Waals surface area contributed by atoms with Gasteiger partial charge >= 0.3 is 0 Å². The van der Waals surface area contributed by atoms with Crippen molar-refractivity contribution >= 4 is 5.91 Å². The lowest BCUT2D eigenvalue weighted by Crippen LogP contribution is -2.53. The van der Waals surface area contributed by atoms with Gasteiger partial charge in [-0.05, 0) is 40.8 Å². The maximum absolute atomic E-state index is 11.6. The Morgan fingerprint density at radius 3 is 2.41 bits per heavy atom. The molecule has 100 valence electrons. The molecule has 4 nitrogen and oxygen atoms in total. The Hall–Kier alpha value is -0.610. The number of amides is 1. The fourth-order valence-electron chi connectivity index (χ4n) is 2.58. The number of nitrogens with zero attached hydrogens (tertiary/aromatic N) is 1. The van der Waals surface area contributed by atoms with E-state index in [2.05, 4.69) is 29.6 Å². The molecule has 1 aliphatic rings. The molecule has 1 amide bonds. The summed E-state index contributed by atoms with van der Waals surface area (Å²) < 4.78 is 0. The molecule has 1 saturated carbocycles. The van der Waals surface area contributed by atoms with Crippen LogP contribution in [0.4, 0.5) is 0 Å². The number of nitrogens with one attached hydrogen (secondary N) is 2. The molecule has 1 atom stereocenters. The van der Waals surface area contributed by atoms with Gasteiger partial charge in [-0.2, -0.15) is 0 Å². The van der Waals surface area contributed by atoms with Crippen LogP contribution in [0.3, 0.4) is 0 Å². The first-order chi connectivity index (χ1) is 8.02. The minimum Gasteiger partial charge on any atom is -0.355 e. The molecule has 0 aromatic heterocycles. The second kappa shape index (κ2) is 6.36. The van der Waals surface area contributed by atoms with E-state index in [0.717, 1.165) is 6.54 Å². The van der Waals surface area contributed by atoms with Gasteiger partial charge in [0.25, 0.3) is 0 Å². The Morgan fingerprint density at radius 1 is 1.35 bits per heavy atom. The summed E-state index contributed by atoms with van der Waals surface area (Å²) in [6, 6.07) is -0.104. The Kier molecular flexibility index (Phi) is 5.40. The predicted octanol–water partition coefficient (Wildman–Crippen LogP) is 0.975. The normalized spacial score (nSPS) is 20.5. The molecule has 1 unspecified atom stereocenters. The molecule has 0 heterocycles. The summed E-state index contributed by atoms with van der Waals surface area (Å²) in [5.74, 6) is 0.0967. The van der Waals surface area contributed by atoms with Crippen molar-refractivity contribution in [3.63, 3.8) is 0 Å². The maximum Gasteiger partial charge on any atom is 0.236 e. The summed E-state index contributed by atoms with van der Waals surface area (Å²) in [6.45, 7) is 5.48. The minimum atomic E-state index is -0.104. The highest BCUT2D eigenvalue weighted by Gasteiger charge is 2.36. The summed E-state index contributed by atoms with van der Waals surface area (Å²) in [4.78, 5) is 14.0. The quantitative estimate of drug-likeness (QED) is 0.728. The van der Waals surface area contributed by atoms with Crippen LogP contribution in [0.1, 0.15) is 39.5 Å². The van der Waals surface area contributed by atoms with Crippen LogP contribution < -0.4 is 10.6 Å². The highest BCUT2D eigenvalue weighted by molar-refractivity contribution is 5.81. The van der Waals surface area contributed by atoms with E-state index in [9.17, 15) is 4.79 Å².